The normalized spacial score (nSPS) is 18.5. The highest BCUT2D eigenvalue weighted by Gasteiger charge is 2.30. The van der Waals surface area contributed by atoms with Gasteiger partial charge in [0.1, 0.15) is 0 Å². The van der Waals surface area contributed by atoms with Crippen LogP contribution in [-0.2, 0) is 0 Å². The lowest BCUT2D eigenvalue weighted by atomic mass is 10.1. The van der Waals surface area contributed by atoms with Crippen LogP contribution >= 0.6 is 11.8 Å². The molecule has 0 atom stereocenters. The van der Waals surface area contributed by atoms with Crippen LogP contribution in [0.4, 0.5) is 18.9 Å². The average molecular weight is 290 g/mol. The van der Waals surface area contributed by atoms with E-state index in [2.05, 4.69) is 17.3 Å². The SMILES string of the molecule is CN1CCC(Nc2ccccc2SC(F)(F)F)CC1. The Morgan fingerprint density at radius 3 is 2.47 bits per heavy atom. The van der Waals surface area contributed by atoms with E-state index in [0.29, 0.717) is 5.69 Å². The van der Waals surface area contributed by atoms with Gasteiger partial charge in [-0.15, -0.1) is 0 Å². The highest BCUT2D eigenvalue weighted by atomic mass is 32.2. The summed E-state index contributed by atoms with van der Waals surface area (Å²) in [5, 5.41) is 3.25. The minimum absolute atomic E-state index is 0.0564. The highest BCUT2D eigenvalue weighted by Crippen LogP contribution is 2.40. The van der Waals surface area contributed by atoms with Crippen LogP contribution in [0.5, 0.6) is 0 Å². The molecule has 0 bridgehead atoms. The van der Waals surface area contributed by atoms with Crippen LogP contribution in [-0.4, -0.2) is 36.6 Å². The van der Waals surface area contributed by atoms with Crippen molar-refractivity contribution in [1.29, 1.82) is 0 Å². The van der Waals surface area contributed by atoms with Gasteiger partial charge in [-0.1, -0.05) is 12.1 Å². The van der Waals surface area contributed by atoms with Gasteiger partial charge in [-0.2, -0.15) is 13.2 Å². The summed E-state index contributed by atoms with van der Waals surface area (Å²) in [7, 11) is 2.06. The lowest BCUT2D eigenvalue weighted by Crippen LogP contribution is -2.36. The molecule has 1 aromatic rings. The summed E-state index contributed by atoms with van der Waals surface area (Å²) in [4.78, 5) is 2.48. The number of nitrogens with zero attached hydrogens (tertiary/aromatic N) is 1. The number of halogens is 3. The molecule has 1 fully saturated rings. The molecular formula is C13H17F3N2S. The summed E-state index contributed by atoms with van der Waals surface area (Å²) in [5.74, 6) is 0. The molecule has 1 aromatic carbocycles. The zero-order chi connectivity index (χ0) is 13.9. The number of likely N-dealkylation sites (tertiary alicyclic amines) is 1. The van der Waals surface area contributed by atoms with Crippen LogP contribution in [0.1, 0.15) is 12.8 Å². The van der Waals surface area contributed by atoms with Gasteiger partial charge >= 0.3 is 5.51 Å². The van der Waals surface area contributed by atoms with Gasteiger partial charge in [0.2, 0.25) is 0 Å². The number of hydrogen-bond acceptors (Lipinski definition) is 3. The Bertz CT molecular complexity index is 415. The molecule has 0 radical (unpaired) electrons. The van der Waals surface area contributed by atoms with Crippen LogP contribution in [0, 0.1) is 0 Å². The standard InChI is InChI=1S/C13H17F3N2S/c1-18-8-6-10(7-9-18)17-11-4-2-3-5-12(11)19-13(14,15)16/h2-5,10,17H,6-9H2,1H3. The lowest BCUT2D eigenvalue weighted by molar-refractivity contribution is -0.0327. The van der Waals surface area contributed by atoms with E-state index < -0.39 is 5.51 Å². The van der Waals surface area contributed by atoms with Crippen molar-refractivity contribution in [3.8, 4) is 0 Å². The summed E-state index contributed by atoms with van der Waals surface area (Å²) < 4.78 is 37.4. The fourth-order valence-corrected chi connectivity index (χ4v) is 2.81. The van der Waals surface area contributed by atoms with Gasteiger partial charge < -0.3 is 10.2 Å². The van der Waals surface area contributed by atoms with Gasteiger partial charge in [-0.25, -0.2) is 0 Å². The predicted molar refractivity (Wildman–Crippen MR) is 72.5 cm³/mol. The van der Waals surface area contributed by atoms with Crippen molar-refractivity contribution in [3.63, 3.8) is 0 Å². The lowest BCUT2D eigenvalue weighted by Gasteiger charge is -2.30. The monoisotopic (exact) mass is 290 g/mol. The maximum absolute atomic E-state index is 12.5. The Labute approximate surface area is 115 Å². The van der Waals surface area contributed by atoms with E-state index in [9.17, 15) is 13.2 Å². The molecule has 0 aromatic heterocycles. The Morgan fingerprint density at radius 2 is 1.84 bits per heavy atom. The minimum atomic E-state index is -4.25. The molecule has 1 N–H and O–H groups in total. The van der Waals surface area contributed by atoms with Crippen LogP contribution in [0.3, 0.4) is 0 Å². The maximum atomic E-state index is 12.5. The van der Waals surface area contributed by atoms with Crippen molar-refractivity contribution in [1.82, 2.24) is 4.90 Å². The molecule has 0 saturated carbocycles. The molecule has 1 aliphatic rings. The second kappa shape index (κ2) is 6.05. The first kappa shape index (κ1) is 14.5. The van der Waals surface area contributed by atoms with Gasteiger partial charge in [0.15, 0.2) is 0 Å². The Hall–Kier alpha value is -0.880. The third kappa shape index (κ3) is 4.62. The molecule has 6 heteroatoms. The smallest absolute Gasteiger partial charge is 0.381 e. The van der Waals surface area contributed by atoms with Crippen molar-refractivity contribution in [2.45, 2.75) is 29.3 Å². The maximum Gasteiger partial charge on any atom is 0.446 e. The van der Waals surface area contributed by atoms with Crippen molar-refractivity contribution in [2.75, 3.05) is 25.5 Å². The van der Waals surface area contributed by atoms with Crippen LogP contribution in [0.15, 0.2) is 29.2 Å². The van der Waals surface area contributed by atoms with E-state index in [1.165, 1.54) is 6.07 Å². The first-order valence-electron chi connectivity index (χ1n) is 6.24. The second-order valence-corrected chi connectivity index (χ2v) is 5.87. The third-order valence-electron chi connectivity index (χ3n) is 3.19. The van der Waals surface area contributed by atoms with E-state index in [4.69, 9.17) is 0 Å². The fraction of sp³-hybridized carbons (Fsp3) is 0.538. The number of anilines is 1. The molecule has 0 spiro atoms. The van der Waals surface area contributed by atoms with Gasteiger partial charge in [-0.05, 0) is 56.9 Å². The van der Waals surface area contributed by atoms with E-state index in [1.54, 1.807) is 18.2 Å². The minimum Gasteiger partial charge on any atom is -0.381 e. The molecule has 2 nitrogen and oxygen atoms in total. The molecule has 2 rings (SSSR count). The molecule has 19 heavy (non-hydrogen) atoms. The molecule has 0 aliphatic carbocycles. The largest absolute Gasteiger partial charge is 0.446 e. The predicted octanol–water partition coefficient (Wildman–Crippen LogP) is 3.80. The summed E-state index contributed by atoms with van der Waals surface area (Å²) in [5.41, 5.74) is -3.66. The zero-order valence-corrected chi connectivity index (χ0v) is 11.5. The summed E-state index contributed by atoms with van der Waals surface area (Å²) in [6.45, 7) is 1.96. The van der Waals surface area contributed by atoms with E-state index >= 15 is 0 Å². The van der Waals surface area contributed by atoms with Crippen LogP contribution < -0.4 is 5.32 Å². The Kier molecular flexibility index (Phi) is 4.62. The summed E-state index contributed by atoms with van der Waals surface area (Å²) in [6.07, 6.45) is 1.92. The summed E-state index contributed by atoms with van der Waals surface area (Å²) >= 11 is -0.0564. The van der Waals surface area contributed by atoms with Crippen molar-refractivity contribution in [3.05, 3.63) is 24.3 Å². The van der Waals surface area contributed by atoms with Crippen LogP contribution in [0.2, 0.25) is 0 Å². The first-order valence-corrected chi connectivity index (χ1v) is 7.05. The van der Waals surface area contributed by atoms with Gasteiger partial charge in [0.25, 0.3) is 0 Å². The fourth-order valence-electron chi connectivity index (χ4n) is 2.17. The van der Waals surface area contributed by atoms with E-state index in [-0.39, 0.29) is 22.7 Å². The number of thioether (sulfide) groups is 1. The number of benzene rings is 1. The van der Waals surface area contributed by atoms with Gasteiger partial charge in [0, 0.05) is 16.6 Å². The van der Waals surface area contributed by atoms with E-state index in [0.717, 1.165) is 25.9 Å². The highest BCUT2D eigenvalue weighted by molar-refractivity contribution is 8.00. The number of nitrogens with one attached hydrogen (secondary N) is 1. The van der Waals surface area contributed by atoms with Crippen molar-refractivity contribution < 1.29 is 13.2 Å². The van der Waals surface area contributed by atoms with Crippen LogP contribution in [0.25, 0.3) is 0 Å². The van der Waals surface area contributed by atoms with Crippen molar-refractivity contribution in [2.24, 2.45) is 0 Å². The Morgan fingerprint density at radius 1 is 1.21 bits per heavy atom. The van der Waals surface area contributed by atoms with Gasteiger partial charge in [0.05, 0.1) is 0 Å². The quantitative estimate of drug-likeness (QED) is 0.852. The third-order valence-corrected chi connectivity index (χ3v) is 4.00. The molecule has 106 valence electrons. The topological polar surface area (TPSA) is 15.3 Å². The first-order chi connectivity index (χ1) is 8.94. The number of hydrogen-bond donors (Lipinski definition) is 1. The number of rotatable bonds is 3. The molecule has 0 amide bonds. The number of para-hydroxylation sites is 1. The number of alkyl halides is 3. The van der Waals surface area contributed by atoms with Crippen molar-refractivity contribution >= 4 is 17.4 Å². The second-order valence-electron chi connectivity index (χ2n) is 4.77. The zero-order valence-electron chi connectivity index (χ0n) is 10.7. The molecule has 0 unspecified atom stereocenters. The Balaban J connectivity index is 2.03. The van der Waals surface area contributed by atoms with Gasteiger partial charge in [-0.3, -0.25) is 0 Å². The van der Waals surface area contributed by atoms with E-state index in [1.807, 2.05) is 0 Å². The molecule has 1 heterocycles. The number of piperidine rings is 1. The summed E-state index contributed by atoms with van der Waals surface area (Å²) in [6, 6.07) is 6.87. The molecule has 1 saturated heterocycles. The molecule has 1 aliphatic heterocycles. The average Bonchev–Trinajstić information content (AvgIpc) is 2.33. The molecular weight excluding hydrogens is 273 g/mol.